The second-order valence-electron chi connectivity index (χ2n) is 6.01. The molecule has 122 valence electrons. The molecule has 0 radical (unpaired) electrons. The molecule has 1 aromatic carbocycles. The predicted molar refractivity (Wildman–Crippen MR) is 92.4 cm³/mol. The fraction of sp³-hybridized carbons (Fsp3) is 0.471. The highest BCUT2D eigenvalue weighted by molar-refractivity contribution is 8.12. The van der Waals surface area contributed by atoms with E-state index in [9.17, 15) is 9.59 Å². The van der Waals surface area contributed by atoms with Crippen molar-refractivity contribution in [3.05, 3.63) is 35.4 Å². The molecule has 1 N–H and O–H groups in total. The average molecular weight is 331 g/mol. The average Bonchev–Trinajstić information content (AvgIpc) is 3.21. The van der Waals surface area contributed by atoms with Gasteiger partial charge in [-0.1, -0.05) is 24.3 Å². The predicted octanol–water partition coefficient (Wildman–Crippen LogP) is 2.13. The first-order valence-electron chi connectivity index (χ1n) is 7.94. The molecular formula is C17H21N3O2S. The van der Waals surface area contributed by atoms with Crippen molar-refractivity contribution < 1.29 is 9.59 Å². The van der Waals surface area contributed by atoms with E-state index >= 15 is 0 Å². The summed E-state index contributed by atoms with van der Waals surface area (Å²) in [5.41, 5.74) is 4.25. The molecule has 0 bridgehead atoms. The van der Waals surface area contributed by atoms with Crippen LogP contribution in [0.4, 0.5) is 0 Å². The molecule has 3 unspecified atom stereocenters. The molecule has 2 aliphatic rings. The molecule has 2 aliphatic heterocycles. The highest BCUT2D eigenvalue weighted by Crippen LogP contribution is 2.36. The zero-order valence-corrected chi connectivity index (χ0v) is 14.0. The third-order valence-corrected chi connectivity index (χ3v) is 5.65. The SMILES string of the molecule is CC1N=CSC1c1ccc(CNC(=O)C2CCCN2C=O)cc1. The Kier molecular flexibility index (Phi) is 5.00. The van der Waals surface area contributed by atoms with Crippen LogP contribution in [0.5, 0.6) is 0 Å². The summed E-state index contributed by atoms with van der Waals surface area (Å²) in [6, 6.07) is 8.32. The number of benzene rings is 1. The highest BCUT2D eigenvalue weighted by atomic mass is 32.2. The van der Waals surface area contributed by atoms with E-state index in [1.54, 1.807) is 16.7 Å². The fourth-order valence-corrected chi connectivity index (χ4v) is 4.08. The lowest BCUT2D eigenvalue weighted by molar-refractivity contribution is -0.131. The standard InChI is InChI=1S/C17H21N3O2S/c1-12-16(23-10-19-12)14-6-4-13(5-7-14)9-18-17(22)15-3-2-8-20(15)11-21/h4-7,10-12,15-16H,2-3,8-9H2,1H3,(H,18,22). The van der Waals surface area contributed by atoms with Gasteiger partial charge in [0.1, 0.15) is 6.04 Å². The van der Waals surface area contributed by atoms with Gasteiger partial charge in [-0.25, -0.2) is 0 Å². The van der Waals surface area contributed by atoms with Gasteiger partial charge in [-0.05, 0) is 30.9 Å². The number of nitrogens with zero attached hydrogens (tertiary/aromatic N) is 2. The first kappa shape index (κ1) is 16.1. The van der Waals surface area contributed by atoms with E-state index in [2.05, 4.69) is 29.4 Å². The summed E-state index contributed by atoms with van der Waals surface area (Å²) in [6.45, 7) is 3.29. The zero-order valence-electron chi connectivity index (χ0n) is 13.1. The highest BCUT2D eigenvalue weighted by Gasteiger charge is 2.29. The van der Waals surface area contributed by atoms with Gasteiger partial charge in [-0.15, -0.1) is 11.8 Å². The maximum Gasteiger partial charge on any atom is 0.243 e. The van der Waals surface area contributed by atoms with Gasteiger partial charge in [0.25, 0.3) is 0 Å². The number of carbonyl (C=O) groups excluding carboxylic acids is 2. The van der Waals surface area contributed by atoms with Crippen LogP contribution in [0.15, 0.2) is 29.3 Å². The zero-order chi connectivity index (χ0) is 16.2. The Bertz CT molecular complexity index is 602. The molecule has 6 heteroatoms. The molecule has 0 aromatic heterocycles. The second-order valence-corrected chi connectivity index (χ2v) is 7.00. The first-order chi connectivity index (χ1) is 11.2. The Morgan fingerprint density at radius 1 is 1.43 bits per heavy atom. The quantitative estimate of drug-likeness (QED) is 0.841. The van der Waals surface area contributed by atoms with Crippen LogP contribution < -0.4 is 5.32 Å². The number of amides is 2. The molecule has 1 fully saturated rings. The van der Waals surface area contributed by atoms with Crippen molar-refractivity contribution in [3.63, 3.8) is 0 Å². The van der Waals surface area contributed by atoms with Gasteiger partial charge >= 0.3 is 0 Å². The summed E-state index contributed by atoms with van der Waals surface area (Å²) in [7, 11) is 0. The number of thioether (sulfide) groups is 1. The number of aliphatic imine (C=N–C) groups is 1. The minimum absolute atomic E-state index is 0.0629. The molecule has 0 aliphatic carbocycles. The van der Waals surface area contributed by atoms with Crippen molar-refractivity contribution in [2.24, 2.45) is 4.99 Å². The van der Waals surface area contributed by atoms with Crippen LogP contribution in [0.3, 0.4) is 0 Å². The lowest BCUT2D eigenvalue weighted by Crippen LogP contribution is -2.42. The smallest absolute Gasteiger partial charge is 0.243 e. The van der Waals surface area contributed by atoms with E-state index in [0.29, 0.717) is 24.4 Å². The van der Waals surface area contributed by atoms with Gasteiger partial charge in [0.15, 0.2) is 0 Å². The van der Waals surface area contributed by atoms with Gasteiger partial charge in [0, 0.05) is 13.1 Å². The molecule has 2 amide bonds. The van der Waals surface area contributed by atoms with Crippen LogP contribution in [0, 0.1) is 0 Å². The van der Waals surface area contributed by atoms with Gasteiger partial charge in [0.05, 0.1) is 16.8 Å². The Morgan fingerprint density at radius 3 is 2.87 bits per heavy atom. The summed E-state index contributed by atoms with van der Waals surface area (Å²) in [5.74, 6) is -0.0629. The second kappa shape index (κ2) is 7.17. The number of nitrogens with one attached hydrogen (secondary N) is 1. The first-order valence-corrected chi connectivity index (χ1v) is 8.88. The fourth-order valence-electron chi connectivity index (χ4n) is 3.07. The van der Waals surface area contributed by atoms with Gasteiger partial charge in [-0.2, -0.15) is 0 Å². The maximum absolute atomic E-state index is 12.2. The van der Waals surface area contributed by atoms with E-state index < -0.39 is 0 Å². The molecule has 3 atom stereocenters. The summed E-state index contributed by atoms with van der Waals surface area (Å²) >= 11 is 1.75. The van der Waals surface area contributed by atoms with E-state index in [-0.39, 0.29) is 11.9 Å². The summed E-state index contributed by atoms with van der Waals surface area (Å²) in [5, 5.41) is 3.32. The van der Waals surface area contributed by atoms with Crippen LogP contribution in [0.2, 0.25) is 0 Å². The molecule has 3 rings (SSSR count). The molecule has 1 aromatic rings. The van der Waals surface area contributed by atoms with Crippen molar-refractivity contribution in [2.75, 3.05) is 6.54 Å². The Hall–Kier alpha value is -1.82. The summed E-state index contributed by atoms with van der Waals surface area (Å²) < 4.78 is 0. The number of rotatable bonds is 5. The van der Waals surface area contributed by atoms with E-state index in [1.807, 2.05) is 17.7 Å². The van der Waals surface area contributed by atoms with Crippen molar-refractivity contribution in [2.45, 2.75) is 43.6 Å². The largest absolute Gasteiger partial charge is 0.350 e. The minimum atomic E-state index is -0.306. The lowest BCUT2D eigenvalue weighted by Gasteiger charge is -2.19. The topological polar surface area (TPSA) is 61.8 Å². The third kappa shape index (κ3) is 3.58. The van der Waals surface area contributed by atoms with E-state index in [0.717, 1.165) is 24.8 Å². The number of likely N-dealkylation sites (tertiary alicyclic amines) is 1. The van der Waals surface area contributed by atoms with Crippen molar-refractivity contribution >= 4 is 29.6 Å². The Morgan fingerprint density at radius 2 is 2.22 bits per heavy atom. The van der Waals surface area contributed by atoms with E-state index in [4.69, 9.17) is 0 Å². The van der Waals surface area contributed by atoms with Crippen molar-refractivity contribution in [1.82, 2.24) is 10.2 Å². The third-order valence-electron chi connectivity index (χ3n) is 4.45. The van der Waals surface area contributed by atoms with Crippen LogP contribution in [-0.2, 0) is 16.1 Å². The van der Waals surface area contributed by atoms with Crippen LogP contribution in [0.1, 0.15) is 36.1 Å². The minimum Gasteiger partial charge on any atom is -0.350 e. The Labute approximate surface area is 140 Å². The molecule has 5 nitrogen and oxygen atoms in total. The van der Waals surface area contributed by atoms with Crippen LogP contribution >= 0.6 is 11.8 Å². The van der Waals surface area contributed by atoms with Crippen molar-refractivity contribution in [1.29, 1.82) is 0 Å². The summed E-state index contributed by atoms with van der Waals surface area (Å²) in [4.78, 5) is 29.1. The number of hydrogen-bond acceptors (Lipinski definition) is 4. The molecule has 23 heavy (non-hydrogen) atoms. The number of carbonyl (C=O) groups is 2. The molecule has 1 saturated heterocycles. The summed E-state index contributed by atoms with van der Waals surface area (Å²) in [6.07, 6.45) is 2.42. The van der Waals surface area contributed by atoms with Gasteiger partial charge in [0.2, 0.25) is 12.3 Å². The van der Waals surface area contributed by atoms with Gasteiger partial charge in [-0.3, -0.25) is 14.6 Å². The molecule has 2 heterocycles. The molecular weight excluding hydrogens is 310 g/mol. The van der Waals surface area contributed by atoms with Crippen LogP contribution in [0.25, 0.3) is 0 Å². The van der Waals surface area contributed by atoms with Gasteiger partial charge < -0.3 is 10.2 Å². The lowest BCUT2D eigenvalue weighted by atomic mass is 10.0. The monoisotopic (exact) mass is 331 g/mol. The van der Waals surface area contributed by atoms with Crippen molar-refractivity contribution in [3.8, 4) is 0 Å². The van der Waals surface area contributed by atoms with E-state index in [1.165, 1.54) is 5.56 Å². The number of hydrogen-bond donors (Lipinski definition) is 1. The van der Waals surface area contributed by atoms with Crippen LogP contribution in [-0.4, -0.2) is 41.4 Å². The Balaban J connectivity index is 1.54. The maximum atomic E-state index is 12.2. The molecule has 0 spiro atoms. The normalized spacial score (nSPS) is 26.5. The molecule has 0 saturated carbocycles.